The third-order valence-electron chi connectivity index (χ3n) is 5.01. The first-order chi connectivity index (χ1) is 12.7. The Bertz CT molecular complexity index is 756. The highest BCUT2D eigenvalue weighted by Crippen LogP contribution is 2.40. The van der Waals surface area contributed by atoms with E-state index < -0.39 is 33.7 Å². The Labute approximate surface area is 166 Å². The molecule has 1 fully saturated rings. The highest BCUT2D eigenvalue weighted by molar-refractivity contribution is 6.31. The van der Waals surface area contributed by atoms with Crippen LogP contribution in [0.2, 0.25) is 5.02 Å². The van der Waals surface area contributed by atoms with Crippen molar-refractivity contribution in [1.29, 1.82) is 0 Å². The van der Waals surface area contributed by atoms with Gasteiger partial charge in [-0.1, -0.05) is 31.5 Å². The molecular weight excluding hydrogens is 399 g/mol. The number of benzene rings is 1. The monoisotopic (exact) mass is 421 g/mol. The van der Waals surface area contributed by atoms with Crippen LogP contribution in [0.25, 0.3) is 0 Å². The molecule has 0 unspecified atom stereocenters. The van der Waals surface area contributed by atoms with Crippen LogP contribution in [-0.2, 0) is 21.4 Å². The maximum atomic E-state index is 13.1. The molecule has 1 saturated heterocycles. The summed E-state index contributed by atoms with van der Waals surface area (Å²) in [6.07, 6.45) is -4.58. The molecule has 156 valence electrons. The van der Waals surface area contributed by atoms with Gasteiger partial charge in [-0.15, -0.1) is 0 Å². The molecule has 5 nitrogen and oxygen atoms in total. The van der Waals surface area contributed by atoms with Gasteiger partial charge in [0.15, 0.2) is 0 Å². The number of hydrogen-bond acceptors (Lipinski definition) is 3. The van der Waals surface area contributed by atoms with Crippen molar-refractivity contribution in [3.8, 4) is 0 Å². The minimum absolute atomic E-state index is 0.0386. The second-order valence-corrected chi connectivity index (χ2v) is 8.42. The van der Waals surface area contributed by atoms with Gasteiger partial charge in [-0.25, -0.2) is 0 Å². The zero-order chi connectivity index (χ0) is 21.3. The van der Waals surface area contributed by atoms with Gasteiger partial charge in [-0.3, -0.25) is 9.59 Å². The lowest BCUT2D eigenvalue weighted by atomic mass is 9.82. The molecule has 9 heteroatoms. The third kappa shape index (κ3) is 5.38. The zero-order valence-electron chi connectivity index (χ0n) is 15.6. The number of alkyl halides is 3. The number of aliphatic carboxylic acids is 1. The summed E-state index contributed by atoms with van der Waals surface area (Å²) in [5.74, 6) is -1.23. The molecule has 0 radical (unpaired) electrons. The number of carboxylic acids is 1. The molecule has 1 aromatic carbocycles. The molecule has 2 N–H and O–H groups in total. The molecule has 1 aliphatic heterocycles. The molecule has 1 aromatic rings. The summed E-state index contributed by atoms with van der Waals surface area (Å²) in [4.78, 5) is 24.9. The van der Waals surface area contributed by atoms with Gasteiger partial charge in [0, 0.05) is 19.5 Å². The summed E-state index contributed by atoms with van der Waals surface area (Å²) in [6.45, 7) is 3.71. The summed E-state index contributed by atoms with van der Waals surface area (Å²) in [7, 11) is 0. The van der Waals surface area contributed by atoms with Crippen molar-refractivity contribution in [3.05, 3.63) is 34.3 Å². The molecule has 0 bridgehead atoms. The number of halogens is 4. The largest absolute Gasteiger partial charge is 0.481 e. The first-order valence-electron chi connectivity index (χ1n) is 8.83. The quantitative estimate of drug-likeness (QED) is 0.751. The van der Waals surface area contributed by atoms with Gasteiger partial charge in [0.1, 0.15) is 0 Å². The Morgan fingerprint density at radius 1 is 1.18 bits per heavy atom. The zero-order valence-corrected chi connectivity index (χ0v) is 16.4. The fourth-order valence-electron chi connectivity index (χ4n) is 3.44. The summed E-state index contributed by atoms with van der Waals surface area (Å²) >= 11 is 5.63. The Hall–Kier alpha value is -1.80. The Morgan fingerprint density at radius 3 is 2.25 bits per heavy atom. The van der Waals surface area contributed by atoms with E-state index in [4.69, 9.17) is 16.7 Å². The summed E-state index contributed by atoms with van der Waals surface area (Å²) in [6, 6.07) is 3.34. The molecule has 28 heavy (non-hydrogen) atoms. The molecule has 0 aliphatic carbocycles. The smallest absolute Gasteiger partial charge is 0.417 e. The average molecular weight is 422 g/mol. The summed E-state index contributed by atoms with van der Waals surface area (Å²) in [5.41, 5.74) is -3.09. The van der Waals surface area contributed by atoms with Crippen molar-refractivity contribution in [2.24, 2.45) is 5.41 Å². The SMILES string of the molecule is CC(C)(CC(=O)O)CC(=O)N1CCC(O)(c2ccc(Cl)c(C(F)(F)F)c2)CC1. The lowest BCUT2D eigenvalue weighted by Gasteiger charge is -2.39. The molecule has 1 heterocycles. The predicted octanol–water partition coefficient (Wildman–Crippen LogP) is 4.06. The number of amides is 1. The Balaban J connectivity index is 2.08. The van der Waals surface area contributed by atoms with Crippen LogP contribution in [0, 0.1) is 5.41 Å². The first kappa shape index (κ1) is 22.5. The van der Waals surface area contributed by atoms with Crippen molar-refractivity contribution in [3.63, 3.8) is 0 Å². The van der Waals surface area contributed by atoms with E-state index in [9.17, 15) is 27.9 Å². The maximum absolute atomic E-state index is 13.1. The van der Waals surface area contributed by atoms with Crippen molar-refractivity contribution >= 4 is 23.5 Å². The van der Waals surface area contributed by atoms with E-state index in [2.05, 4.69) is 0 Å². The second-order valence-electron chi connectivity index (χ2n) is 8.02. The molecule has 2 rings (SSSR count). The lowest BCUT2D eigenvalue weighted by Crippen LogP contribution is -2.46. The molecular formula is C19H23ClF3NO4. The van der Waals surface area contributed by atoms with E-state index in [0.29, 0.717) is 0 Å². The number of piperidine rings is 1. The fraction of sp³-hybridized carbons (Fsp3) is 0.579. The van der Waals surface area contributed by atoms with E-state index in [-0.39, 0.29) is 50.2 Å². The molecule has 1 aliphatic rings. The minimum Gasteiger partial charge on any atom is -0.481 e. The van der Waals surface area contributed by atoms with E-state index in [1.807, 2.05) is 0 Å². The number of aliphatic hydroxyl groups is 1. The molecule has 0 aromatic heterocycles. The van der Waals surface area contributed by atoms with Crippen molar-refractivity contribution < 1.29 is 33.0 Å². The van der Waals surface area contributed by atoms with Crippen LogP contribution in [0.3, 0.4) is 0 Å². The van der Waals surface area contributed by atoms with Gasteiger partial charge in [0.05, 0.1) is 22.6 Å². The van der Waals surface area contributed by atoms with E-state index in [0.717, 1.165) is 12.1 Å². The summed E-state index contributed by atoms with van der Waals surface area (Å²) in [5, 5.41) is 19.3. The number of hydrogen-bond donors (Lipinski definition) is 2. The van der Waals surface area contributed by atoms with Crippen LogP contribution in [0.4, 0.5) is 13.2 Å². The van der Waals surface area contributed by atoms with E-state index >= 15 is 0 Å². The topological polar surface area (TPSA) is 77.8 Å². The number of carbonyl (C=O) groups is 2. The van der Waals surface area contributed by atoms with Gasteiger partial charge < -0.3 is 15.1 Å². The van der Waals surface area contributed by atoms with Crippen LogP contribution in [-0.4, -0.2) is 40.1 Å². The van der Waals surface area contributed by atoms with Crippen LogP contribution >= 0.6 is 11.6 Å². The van der Waals surface area contributed by atoms with E-state index in [1.165, 1.54) is 11.0 Å². The van der Waals surface area contributed by atoms with Gasteiger partial charge in [0.2, 0.25) is 5.91 Å². The fourth-order valence-corrected chi connectivity index (χ4v) is 3.66. The van der Waals surface area contributed by atoms with Gasteiger partial charge in [-0.2, -0.15) is 13.2 Å². The van der Waals surface area contributed by atoms with Crippen molar-refractivity contribution in [2.45, 2.75) is 51.3 Å². The maximum Gasteiger partial charge on any atom is 0.417 e. The van der Waals surface area contributed by atoms with Crippen LogP contribution in [0.15, 0.2) is 18.2 Å². The van der Waals surface area contributed by atoms with Gasteiger partial charge in [-0.05, 0) is 36.0 Å². The summed E-state index contributed by atoms with van der Waals surface area (Å²) < 4.78 is 39.2. The highest BCUT2D eigenvalue weighted by Gasteiger charge is 2.39. The van der Waals surface area contributed by atoms with Crippen molar-refractivity contribution in [2.75, 3.05) is 13.1 Å². The number of nitrogens with zero attached hydrogens (tertiary/aromatic N) is 1. The lowest BCUT2D eigenvalue weighted by molar-refractivity contribution is -0.142. The van der Waals surface area contributed by atoms with Crippen molar-refractivity contribution in [1.82, 2.24) is 4.90 Å². The van der Waals surface area contributed by atoms with Gasteiger partial charge >= 0.3 is 12.1 Å². The number of carboxylic acid groups (broad SMARTS) is 1. The Morgan fingerprint density at radius 2 is 1.75 bits per heavy atom. The number of likely N-dealkylation sites (tertiary alicyclic amines) is 1. The predicted molar refractivity (Wildman–Crippen MR) is 96.8 cm³/mol. The first-order valence-corrected chi connectivity index (χ1v) is 9.20. The van der Waals surface area contributed by atoms with E-state index in [1.54, 1.807) is 13.8 Å². The third-order valence-corrected chi connectivity index (χ3v) is 5.34. The standard InChI is InChI=1S/C19H23ClF3NO4/c1-17(2,11-16(26)27)10-15(25)24-7-5-18(28,6-8-24)12-3-4-14(20)13(9-12)19(21,22)23/h3-4,9,28H,5-8,10-11H2,1-2H3,(H,26,27). The second kappa shape index (κ2) is 7.91. The van der Waals surface area contributed by atoms with Crippen LogP contribution < -0.4 is 0 Å². The number of carbonyl (C=O) groups excluding carboxylic acids is 1. The number of rotatable bonds is 5. The van der Waals surface area contributed by atoms with Crippen LogP contribution in [0.1, 0.15) is 50.7 Å². The Kier molecular flexibility index (Phi) is 6.35. The normalized spacial score (nSPS) is 17.5. The molecule has 1 amide bonds. The molecule has 0 atom stereocenters. The highest BCUT2D eigenvalue weighted by atomic mass is 35.5. The average Bonchev–Trinajstić information content (AvgIpc) is 2.52. The molecule has 0 spiro atoms. The van der Waals surface area contributed by atoms with Crippen LogP contribution in [0.5, 0.6) is 0 Å². The molecule has 0 saturated carbocycles. The minimum atomic E-state index is -4.63. The van der Waals surface area contributed by atoms with Gasteiger partial charge in [0.25, 0.3) is 0 Å².